The van der Waals surface area contributed by atoms with Gasteiger partial charge in [-0.15, -0.1) is 22.7 Å². The van der Waals surface area contributed by atoms with E-state index in [4.69, 9.17) is 5.11 Å². The Morgan fingerprint density at radius 2 is 1.15 bits per heavy atom. The van der Waals surface area contributed by atoms with Crippen LogP contribution < -0.4 is 0 Å². The number of para-hydroxylation sites is 1. The Hall–Kier alpha value is -5.81. The standard InChI is InChI=1S/C19H13F3N2O2S.C18H10F4N2O2S/c1-8-4-3-5-10-14(9(2)24(17(8)10)7-13(25)26)19-23-16-15(22)11(20)6-12(21)18(16)27-19;1-7-14(9-3-2-8(19)4-12(9)24(7)6-13(25)26)18-23-16-15(22)10(20)5-11(21)17(16)27-18/h3-6H,7H2,1-2H3,(H,25,26);2-5H,6H2,1H3,(H,25,26). The molecule has 0 saturated carbocycles. The minimum Gasteiger partial charge on any atom is -0.480 e. The Kier molecular flexibility index (Phi) is 9.17. The summed E-state index contributed by atoms with van der Waals surface area (Å²) in [5, 5.41) is 20.1. The number of benzene rings is 4. The second kappa shape index (κ2) is 13.6. The summed E-state index contributed by atoms with van der Waals surface area (Å²) in [6.45, 7) is 4.52. The number of carbonyl (C=O) groups is 2. The van der Waals surface area contributed by atoms with Gasteiger partial charge in [-0.05, 0) is 44.5 Å². The molecule has 0 aliphatic carbocycles. The molecule has 0 aliphatic heterocycles. The highest BCUT2D eigenvalue weighted by Gasteiger charge is 2.25. The number of rotatable bonds is 6. The molecule has 54 heavy (non-hydrogen) atoms. The van der Waals surface area contributed by atoms with Crippen molar-refractivity contribution in [1.29, 1.82) is 0 Å². The first-order chi connectivity index (χ1) is 25.6. The topological polar surface area (TPSA) is 110 Å². The number of thiazole rings is 2. The zero-order valence-electron chi connectivity index (χ0n) is 28.0. The number of hydrogen-bond acceptors (Lipinski definition) is 6. The highest BCUT2D eigenvalue weighted by Crippen LogP contribution is 2.42. The Bertz CT molecular complexity index is 2880. The predicted molar refractivity (Wildman–Crippen MR) is 190 cm³/mol. The predicted octanol–water partition coefficient (Wildman–Crippen LogP) is 9.90. The van der Waals surface area contributed by atoms with Gasteiger partial charge in [-0.25, -0.2) is 40.7 Å². The van der Waals surface area contributed by atoms with Crippen molar-refractivity contribution in [3.05, 3.63) is 106 Å². The summed E-state index contributed by atoms with van der Waals surface area (Å²) in [7, 11) is 0. The molecule has 4 heterocycles. The molecular weight excluding hydrogens is 762 g/mol. The molecule has 8 aromatic rings. The minimum atomic E-state index is -1.34. The SMILES string of the molecule is Cc1c(-c2nc3c(F)c(F)cc(F)c3s2)c2ccc(F)cc2n1CC(=O)O.Cc1cccc2c(-c3nc4c(F)c(F)cc(F)c4s3)c(C)n(CC(=O)O)c12. The molecule has 8 rings (SSSR count). The zero-order chi connectivity index (χ0) is 38.9. The molecule has 0 spiro atoms. The van der Waals surface area contributed by atoms with Gasteiger partial charge in [0.1, 0.15) is 51.6 Å². The molecule has 0 fully saturated rings. The van der Waals surface area contributed by atoms with Crippen LogP contribution in [0.25, 0.3) is 63.4 Å². The van der Waals surface area contributed by atoms with Crippen LogP contribution >= 0.6 is 22.7 Å². The third kappa shape index (κ3) is 6.02. The van der Waals surface area contributed by atoms with Crippen molar-refractivity contribution in [1.82, 2.24) is 19.1 Å². The number of halogens is 7. The van der Waals surface area contributed by atoms with Crippen molar-refractivity contribution in [2.45, 2.75) is 33.9 Å². The van der Waals surface area contributed by atoms with E-state index in [1.54, 1.807) is 18.4 Å². The van der Waals surface area contributed by atoms with Gasteiger partial charge < -0.3 is 19.3 Å². The summed E-state index contributed by atoms with van der Waals surface area (Å²) >= 11 is 1.73. The fourth-order valence-electron chi connectivity index (χ4n) is 6.56. The van der Waals surface area contributed by atoms with Crippen LogP contribution in [0, 0.1) is 61.5 Å². The van der Waals surface area contributed by atoms with Gasteiger partial charge >= 0.3 is 11.9 Å². The van der Waals surface area contributed by atoms with Crippen molar-refractivity contribution < 1.29 is 50.5 Å². The number of carboxylic acid groups (broad SMARTS) is 2. The van der Waals surface area contributed by atoms with E-state index in [0.29, 0.717) is 50.6 Å². The van der Waals surface area contributed by atoms with E-state index < -0.39 is 64.7 Å². The Balaban J connectivity index is 0.000000167. The lowest BCUT2D eigenvalue weighted by Gasteiger charge is -2.06. The maximum absolute atomic E-state index is 14.1. The Labute approximate surface area is 307 Å². The fraction of sp³-hybridized carbons (Fsp3) is 0.135. The van der Waals surface area contributed by atoms with Gasteiger partial charge in [-0.1, -0.05) is 18.2 Å². The van der Waals surface area contributed by atoms with Gasteiger partial charge in [0.05, 0.1) is 20.4 Å². The fourth-order valence-corrected chi connectivity index (χ4v) is 8.72. The van der Waals surface area contributed by atoms with Crippen molar-refractivity contribution in [3.8, 4) is 21.1 Å². The second-order valence-corrected chi connectivity index (χ2v) is 14.2. The third-order valence-electron chi connectivity index (χ3n) is 8.87. The van der Waals surface area contributed by atoms with Crippen LogP contribution in [-0.4, -0.2) is 41.3 Å². The summed E-state index contributed by atoms with van der Waals surface area (Å²) in [6.07, 6.45) is 0. The first kappa shape index (κ1) is 36.5. The highest BCUT2D eigenvalue weighted by atomic mass is 32.1. The van der Waals surface area contributed by atoms with Crippen molar-refractivity contribution in [2.24, 2.45) is 0 Å². The van der Waals surface area contributed by atoms with E-state index in [0.717, 1.165) is 39.1 Å². The average molecular weight is 785 g/mol. The Morgan fingerprint density at radius 1 is 0.648 bits per heavy atom. The Morgan fingerprint density at radius 3 is 1.69 bits per heavy atom. The number of carboxylic acids is 2. The van der Waals surface area contributed by atoms with Gasteiger partial charge in [0, 0.05) is 45.4 Å². The van der Waals surface area contributed by atoms with Crippen LogP contribution in [-0.2, 0) is 22.7 Å². The summed E-state index contributed by atoms with van der Waals surface area (Å²) in [6, 6.07) is 10.3. The molecule has 4 aromatic heterocycles. The van der Waals surface area contributed by atoms with E-state index in [9.17, 15) is 45.4 Å². The number of aliphatic carboxylic acids is 2. The summed E-state index contributed by atoms with van der Waals surface area (Å²) < 4.78 is 99.8. The van der Waals surface area contributed by atoms with Gasteiger partial charge in [0.25, 0.3) is 0 Å². The normalized spacial score (nSPS) is 11.6. The summed E-state index contributed by atoms with van der Waals surface area (Å²) in [4.78, 5) is 30.7. The maximum Gasteiger partial charge on any atom is 0.323 e. The molecule has 276 valence electrons. The van der Waals surface area contributed by atoms with Crippen molar-refractivity contribution in [2.75, 3.05) is 0 Å². The maximum atomic E-state index is 14.1. The van der Waals surface area contributed by atoms with Crippen LogP contribution in [0.1, 0.15) is 17.0 Å². The molecule has 0 bridgehead atoms. The van der Waals surface area contributed by atoms with Crippen LogP contribution in [0.15, 0.2) is 48.5 Å². The zero-order valence-corrected chi connectivity index (χ0v) is 29.6. The largest absolute Gasteiger partial charge is 0.480 e. The van der Waals surface area contributed by atoms with E-state index in [1.807, 2.05) is 25.1 Å². The quantitative estimate of drug-likeness (QED) is 0.128. The molecule has 8 nitrogen and oxygen atoms in total. The molecule has 0 atom stereocenters. The van der Waals surface area contributed by atoms with E-state index in [2.05, 4.69) is 9.97 Å². The first-order valence-electron chi connectivity index (χ1n) is 15.8. The monoisotopic (exact) mass is 784 g/mol. The van der Waals surface area contributed by atoms with Crippen LogP contribution in [0.5, 0.6) is 0 Å². The number of nitrogens with zero attached hydrogens (tertiary/aromatic N) is 4. The average Bonchev–Trinajstić information content (AvgIpc) is 3.86. The molecule has 17 heteroatoms. The number of hydrogen-bond donors (Lipinski definition) is 2. The van der Waals surface area contributed by atoms with Crippen LogP contribution in [0.3, 0.4) is 0 Å². The molecule has 0 radical (unpaired) electrons. The summed E-state index contributed by atoms with van der Waals surface area (Å²) in [5.41, 5.74) is 3.18. The van der Waals surface area contributed by atoms with Gasteiger partial charge in [0.15, 0.2) is 23.3 Å². The van der Waals surface area contributed by atoms with E-state index >= 15 is 0 Å². The third-order valence-corrected chi connectivity index (χ3v) is 11.0. The van der Waals surface area contributed by atoms with Crippen molar-refractivity contribution >= 4 is 76.9 Å². The smallest absolute Gasteiger partial charge is 0.323 e. The molecule has 0 amide bonds. The van der Waals surface area contributed by atoms with Crippen LogP contribution in [0.4, 0.5) is 30.7 Å². The lowest BCUT2D eigenvalue weighted by molar-refractivity contribution is -0.138. The molecule has 0 aliphatic rings. The number of aryl methyl sites for hydroxylation is 1. The van der Waals surface area contributed by atoms with Crippen molar-refractivity contribution in [3.63, 3.8) is 0 Å². The molecular formula is C37H23F7N4O4S2. The second-order valence-electron chi connectivity index (χ2n) is 12.2. The number of fused-ring (bicyclic) bond motifs is 4. The van der Waals surface area contributed by atoms with Gasteiger partial charge in [-0.2, -0.15) is 0 Å². The highest BCUT2D eigenvalue weighted by molar-refractivity contribution is 7.22. The lowest BCUT2D eigenvalue weighted by Crippen LogP contribution is -2.10. The first-order valence-corrected chi connectivity index (χ1v) is 17.4. The molecule has 2 N–H and O–H groups in total. The van der Waals surface area contributed by atoms with Gasteiger partial charge in [0.2, 0.25) is 0 Å². The molecule has 4 aromatic carbocycles. The summed E-state index contributed by atoms with van der Waals surface area (Å²) in [5.74, 6) is -9.60. The minimum absolute atomic E-state index is 0.0740. The molecule has 0 saturated heterocycles. The lowest BCUT2D eigenvalue weighted by atomic mass is 10.1. The van der Waals surface area contributed by atoms with Gasteiger partial charge in [-0.3, -0.25) is 9.59 Å². The van der Waals surface area contributed by atoms with E-state index in [1.165, 1.54) is 22.8 Å². The molecule has 0 unspecified atom stereocenters. The van der Waals surface area contributed by atoms with Crippen LogP contribution in [0.2, 0.25) is 0 Å². The number of aromatic nitrogens is 4. The van der Waals surface area contributed by atoms with E-state index in [-0.39, 0.29) is 26.5 Å².